The molecule has 0 aliphatic heterocycles. The van der Waals surface area contributed by atoms with Crippen LogP contribution in [0.4, 0.5) is 11.7 Å². The minimum Gasteiger partial charge on any atom is -0.424 e. The fourth-order valence-corrected chi connectivity index (χ4v) is 1.89. The number of rotatable bonds is 5. The SMILES string of the molecule is Nc1ccc2oc(NCCCn3cccn3)nc2c1. The largest absolute Gasteiger partial charge is 0.424 e. The Balaban J connectivity index is 1.56. The van der Waals surface area contributed by atoms with Crippen LogP contribution in [0.25, 0.3) is 11.1 Å². The number of hydrogen-bond donors (Lipinski definition) is 2. The second kappa shape index (κ2) is 5.01. The Bertz CT molecular complexity index is 659. The van der Waals surface area contributed by atoms with E-state index >= 15 is 0 Å². The van der Waals surface area contributed by atoms with Crippen molar-refractivity contribution in [1.82, 2.24) is 14.8 Å². The molecular formula is C13H15N5O. The normalized spacial score (nSPS) is 10.9. The molecule has 0 spiro atoms. The number of fused-ring (bicyclic) bond motifs is 1. The van der Waals surface area contributed by atoms with Gasteiger partial charge in [0.05, 0.1) is 0 Å². The van der Waals surface area contributed by atoms with Crippen LogP contribution in [-0.2, 0) is 6.54 Å². The minimum atomic E-state index is 0.529. The van der Waals surface area contributed by atoms with Crippen molar-refractivity contribution < 1.29 is 4.42 Å². The number of aromatic nitrogens is 3. The lowest BCUT2D eigenvalue weighted by Gasteiger charge is -2.01. The van der Waals surface area contributed by atoms with Crippen LogP contribution in [0.2, 0.25) is 0 Å². The number of oxazole rings is 1. The molecular weight excluding hydrogens is 242 g/mol. The van der Waals surface area contributed by atoms with Crippen LogP contribution in [0.15, 0.2) is 41.1 Å². The Morgan fingerprint density at radius 1 is 1.37 bits per heavy atom. The van der Waals surface area contributed by atoms with Gasteiger partial charge in [-0.1, -0.05) is 0 Å². The first-order valence-corrected chi connectivity index (χ1v) is 6.19. The summed E-state index contributed by atoms with van der Waals surface area (Å²) in [5, 5.41) is 7.30. The van der Waals surface area contributed by atoms with Crippen molar-refractivity contribution in [2.75, 3.05) is 17.6 Å². The van der Waals surface area contributed by atoms with E-state index in [1.54, 1.807) is 18.3 Å². The molecule has 2 aromatic heterocycles. The minimum absolute atomic E-state index is 0.529. The molecule has 3 rings (SSSR count). The molecule has 2 heterocycles. The number of aryl methyl sites for hydroxylation is 1. The van der Waals surface area contributed by atoms with Crippen molar-refractivity contribution in [2.24, 2.45) is 0 Å². The summed E-state index contributed by atoms with van der Waals surface area (Å²) in [6.07, 6.45) is 4.67. The van der Waals surface area contributed by atoms with E-state index in [1.807, 2.05) is 23.0 Å². The Labute approximate surface area is 110 Å². The molecule has 3 aromatic rings. The standard InChI is InChI=1S/C13H15N5O/c14-10-3-4-12-11(9-10)17-13(19-12)15-5-1-7-18-8-2-6-16-18/h2-4,6,8-9H,1,5,7,14H2,(H,15,17). The van der Waals surface area contributed by atoms with Crippen molar-refractivity contribution in [1.29, 1.82) is 0 Å². The Hall–Kier alpha value is -2.50. The number of nitrogens with one attached hydrogen (secondary N) is 1. The molecule has 0 amide bonds. The van der Waals surface area contributed by atoms with Crippen molar-refractivity contribution in [3.8, 4) is 0 Å². The van der Waals surface area contributed by atoms with Gasteiger partial charge in [-0.05, 0) is 30.7 Å². The average Bonchev–Trinajstić information content (AvgIpc) is 3.02. The van der Waals surface area contributed by atoms with Crippen LogP contribution in [0.1, 0.15) is 6.42 Å². The lowest BCUT2D eigenvalue weighted by Crippen LogP contribution is -2.07. The van der Waals surface area contributed by atoms with Gasteiger partial charge in [-0.3, -0.25) is 4.68 Å². The number of nitrogens with zero attached hydrogens (tertiary/aromatic N) is 3. The summed E-state index contributed by atoms with van der Waals surface area (Å²) in [7, 11) is 0. The molecule has 0 atom stereocenters. The summed E-state index contributed by atoms with van der Waals surface area (Å²) in [6, 6.07) is 7.87. The molecule has 0 unspecified atom stereocenters. The van der Waals surface area contributed by atoms with Gasteiger partial charge in [0, 0.05) is 31.2 Å². The molecule has 98 valence electrons. The van der Waals surface area contributed by atoms with E-state index in [0.29, 0.717) is 11.7 Å². The van der Waals surface area contributed by atoms with Gasteiger partial charge >= 0.3 is 0 Å². The quantitative estimate of drug-likeness (QED) is 0.540. The first-order chi connectivity index (χ1) is 9.31. The van der Waals surface area contributed by atoms with Gasteiger partial charge in [-0.25, -0.2) is 0 Å². The third kappa shape index (κ3) is 2.67. The van der Waals surface area contributed by atoms with Crippen molar-refractivity contribution >= 4 is 22.8 Å². The zero-order chi connectivity index (χ0) is 13.1. The number of benzene rings is 1. The van der Waals surface area contributed by atoms with Gasteiger partial charge < -0.3 is 15.5 Å². The molecule has 0 aliphatic carbocycles. The van der Waals surface area contributed by atoms with E-state index in [4.69, 9.17) is 10.2 Å². The smallest absolute Gasteiger partial charge is 0.295 e. The maximum atomic E-state index is 5.70. The average molecular weight is 257 g/mol. The molecule has 19 heavy (non-hydrogen) atoms. The molecule has 1 aromatic carbocycles. The van der Waals surface area contributed by atoms with Gasteiger partial charge in [0.2, 0.25) is 0 Å². The fourth-order valence-electron chi connectivity index (χ4n) is 1.89. The molecule has 0 bridgehead atoms. The van der Waals surface area contributed by atoms with Crippen LogP contribution in [0.3, 0.4) is 0 Å². The highest BCUT2D eigenvalue weighted by molar-refractivity contribution is 5.78. The summed E-state index contributed by atoms with van der Waals surface area (Å²) in [5.41, 5.74) is 7.90. The van der Waals surface area contributed by atoms with Gasteiger partial charge in [0.1, 0.15) is 5.52 Å². The highest BCUT2D eigenvalue weighted by Gasteiger charge is 2.04. The first-order valence-electron chi connectivity index (χ1n) is 6.19. The molecule has 6 heteroatoms. The highest BCUT2D eigenvalue weighted by Crippen LogP contribution is 2.20. The van der Waals surface area contributed by atoms with Crippen LogP contribution >= 0.6 is 0 Å². The third-order valence-corrected chi connectivity index (χ3v) is 2.81. The predicted molar refractivity (Wildman–Crippen MR) is 73.8 cm³/mol. The first kappa shape index (κ1) is 11.6. The molecule has 0 aliphatic rings. The van der Waals surface area contributed by atoms with Crippen molar-refractivity contribution in [3.05, 3.63) is 36.7 Å². The molecule has 0 saturated heterocycles. The molecule has 6 nitrogen and oxygen atoms in total. The van der Waals surface area contributed by atoms with Gasteiger partial charge in [0.15, 0.2) is 5.58 Å². The summed E-state index contributed by atoms with van der Waals surface area (Å²) >= 11 is 0. The van der Waals surface area contributed by atoms with E-state index in [1.165, 1.54) is 0 Å². The van der Waals surface area contributed by atoms with Crippen molar-refractivity contribution in [3.63, 3.8) is 0 Å². The zero-order valence-corrected chi connectivity index (χ0v) is 10.4. The maximum Gasteiger partial charge on any atom is 0.295 e. The summed E-state index contributed by atoms with van der Waals surface area (Å²) in [6.45, 7) is 1.65. The zero-order valence-electron chi connectivity index (χ0n) is 10.4. The second-order valence-electron chi connectivity index (χ2n) is 4.30. The van der Waals surface area contributed by atoms with E-state index in [-0.39, 0.29) is 0 Å². The number of nitrogen functional groups attached to an aromatic ring is 1. The molecule has 0 saturated carbocycles. The van der Waals surface area contributed by atoms with Crippen molar-refractivity contribution in [2.45, 2.75) is 13.0 Å². The summed E-state index contributed by atoms with van der Waals surface area (Å²) in [4.78, 5) is 4.33. The van der Waals surface area contributed by atoms with Gasteiger partial charge in [-0.15, -0.1) is 0 Å². The molecule has 3 N–H and O–H groups in total. The number of nitrogens with two attached hydrogens (primary N) is 1. The predicted octanol–water partition coefficient (Wildman–Crippen LogP) is 2.11. The van der Waals surface area contributed by atoms with Gasteiger partial charge in [-0.2, -0.15) is 10.1 Å². The van der Waals surface area contributed by atoms with E-state index in [9.17, 15) is 0 Å². The fraction of sp³-hybridized carbons (Fsp3) is 0.231. The molecule has 0 fully saturated rings. The van der Waals surface area contributed by atoms with Crippen LogP contribution in [-0.4, -0.2) is 21.3 Å². The van der Waals surface area contributed by atoms with E-state index in [2.05, 4.69) is 15.4 Å². The summed E-state index contributed by atoms with van der Waals surface area (Å²) < 4.78 is 7.46. The molecule has 0 radical (unpaired) electrons. The highest BCUT2D eigenvalue weighted by atomic mass is 16.4. The van der Waals surface area contributed by atoms with E-state index in [0.717, 1.165) is 30.6 Å². The number of hydrogen-bond acceptors (Lipinski definition) is 5. The lowest BCUT2D eigenvalue weighted by molar-refractivity contribution is 0.576. The lowest BCUT2D eigenvalue weighted by atomic mass is 10.3. The van der Waals surface area contributed by atoms with Crippen LogP contribution in [0.5, 0.6) is 0 Å². The van der Waals surface area contributed by atoms with Crippen LogP contribution < -0.4 is 11.1 Å². The topological polar surface area (TPSA) is 81.9 Å². The maximum absolute atomic E-state index is 5.70. The van der Waals surface area contributed by atoms with E-state index < -0.39 is 0 Å². The summed E-state index contributed by atoms with van der Waals surface area (Å²) in [5.74, 6) is 0. The van der Waals surface area contributed by atoms with Gasteiger partial charge in [0.25, 0.3) is 6.01 Å². The Kier molecular flexibility index (Phi) is 3.06. The van der Waals surface area contributed by atoms with Crippen LogP contribution in [0, 0.1) is 0 Å². The third-order valence-electron chi connectivity index (χ3n) is 2.81. The number of anilines is 2. The Morgan fingerprint density at radius 3 is 3.16 bits per heavy atom. The second-order valence-corrected chi connectivity index (χ2v) is 4.30. The monoisotopic (exact) mass is 257 g/mol. The Morgan fingerprint density at radius 2 is 2.32 bits per heavy atom.